The SMILES string of the molecule is COCc1nc(CNC(=O)COC[C@H]2CCCO2)no1. The molecule has 0 unspecified atom stereocenters. The Morgan fingerprint density at radius 1 is 1.55 bits per heavy atom. The third-order valence-electron chi connectivity index (χ3n) is 2.78. The van der Waals surface area contributed by atoms with Crippen LogP contribution in [-0.2, 0) is 32.2 Å². The van der Waals surface area contributed by atoms with E-state index in [0.717, 1.165) is 19.4 Å². The molecule has 1 amide bonds. The van der Waals surface area contributed by atoms with Crippen LogP contribution in [0.25, 0.3) is 0 Å². The summed E-state index contributed by atoms with van der Waals surface area (Å²) in [6.07, 6.45) is 2.17. The van der Waals surface area contributed by atoms with Crippen LogP contribution in [0.5, 0.6) is 0 Å². The summed E-state index contributed by atoms with van der Waals surface area (Å²) >= 11 is 0. The van der Waals surface area contributed by atoms with E-state index in [1.165, 1.54) is 7.11 Å². The number of aromatic nitrogens is 2. The highest BCUT2D eigenvalue weighted by atomic mass is 16.5. The molecule has 1 aromatic heterocycles. The van der Waals surface area contributed by atoms with Crippen LogP contribution in [0, 0.1) is 0 Å². The topological polar surface area (TPSA) is 95.7 Å². The molecule has 1 N–H and O–H groups in total. The second-order valence-corrected chi connectivity index (χ2v) is 4.46. The lowest BCUT2D eigenvalue weighted by Crippen LogP contribution is -2.29. The second kappa shape index (κ2) is 7.93. The molecule has 112 valence electrons. The molecule has 1 aliphatic heterocycles. The first-order valence-electron chi connectivity index (χ1n) is 6.54. The van der Waals surface area contributed by atoms with Gasteiger partial charge in [0.1, 0.15) is 13.2 Å². The Balaban J connectivity index is 1.58. The molecule has 1 saturated heterocycles. The van der Waals surface area contributed by atoms with Crippen LogP contribution in [0.4, 0.5) is 0 Å². The smallest absolute Gasteiger partial charge is 0.252 e. The number of ether oxygens (including phenoxy) is 3. The van der Waals surface area contributed by atoms with Gasteiger partial charge in [-0.15, -0.1) is 0 Å². The van der Waals surface area contributed by atoms with Gasteiger partial charge in [0.25, 0.3) is 5.89 Å². The van der Waals surface area contributed by atoms with Crippen molar-refractivity contribution in [3.8, 4) is 0 Å². The van der Waals surface area contributed by atoms with E-state index in [0.29, 0.717) is 18.3 Å². The molecule has 0 spiro atoms. The third kappa shape index (κ3) is 4.87. The second-order valence-electron chi connectivity index (χ2n) is 4.46. The van der Waals surface area contributed by atoms with Gasteiger partial charge in [-0.3, -0.25) is 4.79 Å². The maximum atomic E-state index is 11.5. The predicted molar refractivity (Wildman–Crippen MR) is 66.7 cm³/mol. The van der Waals surface area contributed by atoms with Crippen molar-refractivity contribution in [1.82, 2.24) is 15.5 Å². The van der Waals surface area contributed by atoms with Gasteiger partial charge in [-0.2, -0.15) is 4.98 Å². The van der Waals surface area contributed by atoms with Crippen molar-refractivity contribution in [2.75, 3.05) is 26.9 Å². The molecule has 0 radical (unpaired) electrons. The summed E-state index contributed by atoms with van der Waals surface area (Å²) in [7, 11) is 1.54. The van der Waals surface area contributed by atoms with Gasteiger partial charge in [0.05, 0.1) is 19.3 Å². The molecule has 0 aliphatic carbocycles. The number of nitrogens with zero attached hydrogens (tertiary/aromatic N) is 2. The van der Waals surface area contributed by atoms with Crippen LogP contribution in [0.2, 0.25) is 0 Å². The van der Waals surface area contributed by atoms with Crippen molar-refractivity contribution in [2.45, 2.75) is 32.1 Å². The first kappa shape index (κ1) is 14.9. The Morgan fingerprint density at radius 3 is 3.20 bits per heavy atom. The van der Waals surface area contributed by atoms with Crippen molar-refractivity contribution in [2.24, 2.45) is 0 Å². The number of hydrogen-bond acceptors (Lipinski definition) is 7. The summed E-state index contributed by atoms with van der Waals surface area (Å²) in [6.45, 7) is 1.69. The lowest BCUT2D eigenvalue weighted by atomic mass is 10.2. The molecule has 0 aromatic carbocycles. The summed E-state index contributed by atoms with van der Waals surface area (Å²) in [5.74, 6) is 0.567. The molecule has 2 heterocycles. The van der Waals surface area contributed by atoms with E-state index in [1.54, 1.807) is 0 Å². The molecule has 0 saturated carbocycles. The maximum Gasteiger partial charge on any atom is 0.252 e. The van der Waals surface area contributed by atoms with Crippen LogP contribution >= 0.6 is 0 Å². The fourth-order valence-corrected chi connectivity index (χ4v) is 1.83. The van der Waals surface area contributed by atoms with Gasteiger partial charge in [-0.1, -0.05) is 5.16 Å². The first-order chi connectivity index (χ1) is 9.78. The van der Waals surface area contributed by atoms with Crippen LogP contribution in [-0.4, -0.2) is 49.1 Å². The van der Waals surface area contributed by atoms with Gasteiger partial charge >= 0.3 is 0 Å². The van der Waals surface area contributed by atoms with E-state index < -0.39 is 0 Å². The number of hydrogen-bond donors (Lipinski definition) is 1. The molecular weight excluding hydrogens is 266 g/mol. The average molecular weight is 285 g/mol. The molecule has 1 aliphatic rings. The first-order valence-corrected chi connectivity index (χ1v) is 6.54. The van der Waals surface area contributed by atoms with E-state index >= 15 is 0 Å². The predicted octanol–water partition coefficient (Wildman–Crippen LogP) is 0.0278. The van der Waals surface area contributed by atoms with E-state index in [2.05, 4.69) is 15.5 Å². The van der Waals surface area contributed by atoms with E-state index in [-0.39, 0.29) is 31.8 Å². The van der Waals surface area contributed by atoms with Gasteiger partial charge in [0.15, 0.2) is 5.82 Å². The summed E-state index contributed by atoms with van der Waals surface area (Å²) in [6, 6.07) is 0. The highest BCUT2D eigenvalue weighted by Crippen LogP contribution is 2.11. The number of methoxy groups -OCH3 is 1. The third-order valence-corrected chi connectivity index (χ3v) is 2.78. The lowest BCUT2D eigenvalue weighted by Gasteiger charge is -2.09. The van der Waals surface area contributed by atoms with E-state index in [4.69, 9.17) is 18.7 Å². The normalized spacial score (nSPS) is 18.4. The van der Waals surface area contributed by atoms with Crippen molar-refractivity contribution in [3.05, 3.63) is 11.7 Å². The van der Waals surface area contributed by atoms with Crippen molar-refractivity contribution in [3.63, 3.8) is 0 Å². The van der Waals surface area contributed by atoms with Crippen LogP contribution in [0.1, 0.15) is 24.6 Å². The molecule has 1 atom stereocenters. The number of nitrogens with one attached hydrogen (secondary N) is 1. The molecular formula is C12H19N3O5. The van der Waals surface area contributed by atoms with Crippen molar-refractivity contribution >= 4 is 5.91 Å². The highest BCUT2D eigenvalue weighted by Gasteiger charge is 2.16. The lowest BCUT2D eigenvalue weighted by molar-refractivity contribution is -0.127. The van der Waals surface area contributed by atoms with Gasteiger partial charge in [-0.05, 0) is 12.8 Å². The van der Waals surface area contributed by atoms with Crippen LogP contribution in [0.15, 0.2) is 4.52 Å². The molecule has 1 aromatic rings. The summed E-state index contributed by atoms with van der Waals surface area (Å²) in [5, 5.41) is 6.36. The van der Waals surface area contributed by atoms with Gasteiger partial charge in [0, 0.05) is 13.7 Å². The maximum absolute atomic E-state index is 11.5. The minimum atomic E-state index is -0.221. The molecule has 20 heavy (non-hydrogen) atoms. The van der Waals surface area contributed by atoms with Crippen LogP contribution < -0.4 is 5.32 Å². The Hall–Kier alpha value is -1.51. The zero-order chi connectivity index (χ0) is 14.2. The summed E-state index contributed by atoms with van der Waals surface area (Å²) in [5.41, 5.74) is 0. The molecule has 8 nitrogen and oxygen atoms in total. The van der Waals surface area contributed by atoms with Gasteiger partial charge in [-0.25, -0.2) is 0 Å². The Morgan fingerprint density at radius 2 is 2.45 bits per heavy atom. The Kier molecular flexibility index (Phi) is 5.90. The molecule has 8 heteroatoms. The standard InChI is InChI=1S/C12H19N3O5/c1-17-8-12-14-10(15-20-12)5-13-11(16)7-18-6-9-3-2-4-19-9/h9H,2-8H2,1H3,(H,13,16)/t9-/m1/s1. The molecule has 2 rings (SSSR count). The molecule has 0 bridgehead atoms. The fraction of sp³-hybridized carbons (Fsp3) is 0.750. The quantitative estimate of drug-likeness (QED) is 0.719. The van der Waals surface area contributed by atoms with Crippen LogP contribution in [0.3, 0.4) is 0 Å². The Bertz CT molecular complexity index is 417. The minimum Gasteiger partial charge on any atom is -0.376 e. The van der Waals surface area contributed by atoms with Gasteiger partial charge in [0.2, 0.25) is 5.91 Å². The monoisotopic (exact) mass is 285 g/mol. The zero-order valence-corrected chi connectivity index (χ0v) is 11.5. The Labute approximate surface area is 116 Å². The minimum absolute atomic E-state index is 0.00262. The van der Waals surface area contributed by atoms with Crippen molar-refractivity contribution in [1.29, 1.82) is 0 Å². The zero-order valence-electron chi connectivity index (χ0n) is 11.5. The number of amides is 1. The fourth-order valence-electron chi connectivity index (χ4n) is 1.83. The number of carbonyl (C=O) groups excluding carboxylic acids is 1. The molecule has 1 fully saturated rings. The van der Waals surface area contributed by atoms with E-state index in [1.807, 2.05) is 0 Å². The average Bonchev–Trinajstić information content (AvgIpc) is 3.08. The highest BCUT2D eigenvalue weighted by molar-refractivity contribution is 5.77. The number of rotatable bonds is 8. The van der Waals surface area contributed by atoms with Gasteiger partial charge < -0.3 is 24.1 Å². The van der Waals surface area contributed by atoms with E-state index in [9.17, 15) is 4.79 Å². The number of carbonyl (C=O) groups is 1. The summed E-state index contributed by atoms with van der Waals surface area (Å²) in [4.78, 5) is 15.6. The van der Waals surface area contributed by atoms with Crippen molar-refractivity contribution < 1.29 is 23.5 Å². The largest absolute Gasteiger partial charge is 0.376 e. The summed E-state index contributed by atoms with van der Waals surface area (Å²) < 4.78 is 20.4.